The fraction of sp³-hybridized carbons (Fsp3) is 1.00. The van der Waals surface area contributed by atoms with Crippen molar-refractivity contribution in [2.24, 2.45) is 5.41 Å². The van der Waals surface area contributed by atoms with Crippen LogP contribution in [0.2, 0.25) is 0 Å². The summed E-state index contributed by atoms with van der Waals surface area (Å²) in [5, 5.41) is 0. The molecule has 72 valence electrons. The minimum absolute atomic E-state index is 0.209. The molecule has 1 aliphatic heterocycles. The fourth-order valence-corrected chi connectivity index (χ4v) is 1.74. The second-order valence-corrected chi connectivity index (χ2v) is 4.52. The maximum atomic E-state index is 5.66. The Morgan fingerprint density at radius 2 is 2.17 bits per heavy atom. The van der Waals surface area contributed by atoms with E-state index in [0.717, 1.165) is 13.0 Å². The molecule has 2 atom stereocenters. The van der Waals surface area contributed by atoms with Gasteiger partial charge in [-0.25, -0.2) is 0 Å². The van der Waals surface area contributed by atoms with Gasteiger partial charge < -0.3 is 9.47 Å². The Kier molecular flexibility index (Phi) is 3.38. The van der Waals surface area contributed by atoms with Gasteiger partial charge in [0, 0.05) is 0 Å². The van der Waals surface area contributed by atoms with Gasteiger partial charge in [0.2, 0.25) is 0 Å². The van der Waals surface area contributed by atoms with E-state index in [1.807, 2.05) is 0 Å². The minimum Gasteiger partial charge on any atom is -0.351 e. The summed E-state index contributed by atoms with van der Waals surface area (Å²) >= 11 is 5.66. The van der Waals surface area contributed by atoms with Crippen LogP contribution in [0.3, 0.4) is 0 Å². The molecule has 0 aromatic heterocycles. The van der Waals surface area contributed by atoms with Crippen LogP contribution in [0.1, 0.15) is 27.2 Å². The fourth-order valence-electron chi connectivity index (χ4n) is 1.58. The van der Waals surface area contributed by atoms with Crippen molar-refractivity contribution in [3.05, 3.63) is 0 Å². The summed E-state index contributed by atoms with van der Waals surface area (Å²) in [6, 6.07) is 0. The Morgan fingerprint density at radius 3 is 2.75 bits per heavy atom. The van der Waals surface area contributed by atoms with Crippen molar-refractivity contribution in [3.63, 3.8) is 0 Å². The van der Waals surface area contributed by atoms with Gasteiger partial charge in [-0.15, -0.1) is 11.6 Å². The molecular formula is C9H17ClO2. The van der Waals surface area contributed by atoms with E-state index in [2.05, 4.69) is 20.8 Å². The molecule has 2 nitrogen and oxygen atoms in total. The van der Waals surface area contributed by atoms with Crippen LogP contribution in [0.25, 0.3) is 0 Å². The van der Waals surface area contributed by atoms with E-state index in [4.69, 9.17) is 21.1 Å². The molecule has 1 heterocycles. The number of hydrogen-bond acceptors (Lipinski definition) is 2. The lowest BCUT2D eigenvalue weighted by Crippen LogP contribution is -2.21. The van der Waals surface area contributed by atoms with E-state index in [0.29, 0.717) is 5.88 Å². The molecule has 0 amide bonds. The molecule has 0 saturated carbocycles. The zero-order valence-electron chi connectivity index (χ0n) is 7.97. The Morgan fingerprint density at radius 1 is 1.50 bits per heavy atom. The van der Waals surface area contributed by atoms with Crippen molar-refractivity contribution in [1.29, 1.82) is 0 Å². The molecule has 0 bridgehead atoms. The normalized spacial score (nSPS) is 36.0. The van der Waals surface area contributed by atoms with Crippen LogP contribution in [-0.2, 0) is 9.47 Å². The van der Waals surface area contributed by atoms with Gasteiger partial charge in [-0.1, -0.05) is 13.8 Å². The molecule has 1 aliphatic rings. The van der Waals surface area contributed by atoms with Gasteiger partial charge in [0.15, 0.2) is 6.29 Å². The monoisotopic (exact) mass is 192 g/mol. The Labute approximate surface area is 79.2 Å². The lowest BCUT2D eigenvalue weighted by atomic mass is 9.88. The van der Waals surface area contributed by atoms with Gasteiger partial charge in [0.1, 0.15) is 0 Å². The molecule has 0 aromatic rings. The number of alkyl halides is 1. The van der Waals surface area contributed by atoms with Crippen LogP contribution < -0.4 is 0 Å². The van der Waals surface area contributed by atoms with E-state index >= 15 is 0 Å². The van der Waals surface area contributed by atoms with Crippen LogP contribution in [0, 0.1) is 5.41 Å². The van der Waals surface area contributed by atoms with E-state index in [-0.39, 0.29) is 17.8 Å². The molecule has 1 saturated heterocycles. The topological polar surface area (TPSA) is 18.5 Å². The zero-order valence-corrected chi connectivity index (χ0v) is 8.73. The third-order valence-electron chi connectivity index (χ3n) is 2.01. The van der Waals surface area contributed by atoms with Gasteiger partial charge >= 0.3 is 0 Å². The van der Waals surface area contributed by atoms with Gasteiger partial charge in [0.05, 0.1) is 18.6 Å². The Bertz CT molecular complexity index is 147. The van der Waals surface area contributed by atoms with Crippen molar-refractivity contribution < 1.29 is 9.47 Å². The second kappa shape index (κ2) is 3.95. The molecule has 2 unspecified atom stereocenters. The summed E-state index contributed by atoms with van der Waals surface area (Å²) in [6.45, 7) is 7.16. The van der Waals surface area contributed by atoms with Gasteiger partial charge in [0.25, 0.3) is 0 Å². The molecule has 0 radical (unpaired) electrons. The average molecular weight is 193 g/mol. The summed E-state index contributed by atoms with van der Waals surface area (Å²) in [5.74, 6) is 0.417. The SMILES string of the molecule is CC1CC(C)(C)COC(CCl)O1. The smallest absolute Gasteiger partial charge is 0.171 e. The molecule has 12 heavy (non-hydrogen) atoms. The standard InChI is InChI=1S/C9H17ClO2/c1-7-4-9(2,3)6-11-8(5-10)12-7/h7-8H,4-6H2,1-3H3. The van der Waals surface area contributed by atoms with Gasteiger partial charge in [-0.3, -0.25) is 0 Å². The highest BCUT2D eigenvalue weighted by atomic mass is 35.5. The lowest BCUT2D eigenvalue weighted by molar-refractivity contribution is -0.137. The maximum absolute atomic E-state index is 5.66. The first-order chi connectivity index (χ1) is 5.53. The van der Waals surface area contributed by atoms with E-state index in [9.17, 15) is 0 Å². The Hall–Kier alpha value is 0.210. The zero-order chi connectivity index (χ0) is 9.19. The largest absolute Gasteiger partial charge is 0.351 e. The molecule has 0 N–H and O–H groups in total. The second-order valence-electron chi connectivity index (χ2n) is 4.21. The van der Waals surface area contributed by atoms with Crippen LogP contribution in [0.4, 0.5) is 0 Å². The van der Waals surface area contributed by atoms with Gasteiger partial charge in [-0.2, -0.15) is 0 Å². The number of ether oxygens (including phenoxy) is 2. The van der Waals surface area contributed by atoms with Crippen molar-refractivity contribution in [2.75, 3.05) is 12.5 Å². The summed E-state index contributed by atoms with van der Waals surface area (Å²) < 4.78 is 11.0. The summed E-state index contributed by atoms with van der Waals surface area (Å²) in [4.78, 5) is 0. The van der Waals surface area contributed by atoms with Crippen LogP contribution in [0.15, 0.2) is 0 Å². The number of halogens is 1. The van der Waals surface area contributed by atoms with Crippen LogP contribution in [0.5, 0.6) is 0 Å². The number of hydrogen-bond donors (Lipinski definition) is 0. The van der Waals surface area contributed by atoms with E-state index in [1.165, 1.54) is 0 Å². The highest BCUT2D eigenvalue weighted by Gasteiger charge is 2.28. The Balaban J connectivity index is 2.53. The van der Waals surface area contributed by atoms with Crippen molar-refractivity contribution >= 4 is 11.6 Å². The predicted molar refractivity (Wildman–Crippen MR) is 49.4 cm³/mol. The molecule has 0 aliphatic carbocycles. The highest BCUT2D eigenvalue weighted by Crippen LogP contribution is 2.28. The first-order valence-electron chi connectivity index (χ1n) is 4.36. The summed E-state index contributed by atoms with van der Waals surface area (Å²) in [5.41, 5.74) is 0.209. The third kappa shape index (κ3) is 2.92. The molecule has 1 fully saturated rings. The van der Waals surface area contributed by atoms with Crippen molar-refractivity contribution in [3.8, 4) is 0 Å². The molecular weight excluding hydrogens is 176 g/mol. The summed E-state index contributed by atoms with van der Waals surface area (Å²) in [7, 11) is 0. The highest BCUT2D eigenvalue weighted by molar-refractivity contribution is 6.18. The first-order valence-corrected chi connectivity index (χ1v) is 4.90. The molecule has 0 aromatic carbocycles. The van der Waals surface area contributed by atoms with Gasteiger partial charge in [-0.05, 0) is 18.8 Å². The molecule has 1 rings (SSSR count). The average Bonchev–Trinajstić information content (AvgIpc) is 2.07. The van der Waals surface area contributed by atoms with Crippen LogP contribution in [-0.4, -0.2) is 24.9 Å². The van der Waals surface area contributed by atoms with Crippen molar-refractivity contribution in [2.45, 2.75) is 39.6 Å². The summed E-state index contributed by atoms with van der Waals surface area (Å²) in [6.07, 6.45) is 1.05. The van der Waals surface area contributed by atoms with E-state index < -0.39 is 0 Å². The molecule has 0 spiro atoms. The number of rotatable bonds is 1. The predicted octanol–water partition coefficient (Wildman–Crippen LogP) is 2.40. The van der Waals surface area contributed by atoms with E-state index in [1.54, 1.807) is 0 Å². The van der Waals surface area contributed by atoms with Crippen molar-refractivity contribution in [1.82, 2.24) is 0 Å². The van der Waals surface area contributed by atoms with Crippen LogP contribution >= 0.6 is 11.6 Å². The maximum Gasteiger partial charge on any atom is 0.171 e. The third-order valence-corrected chi connectivity index (χ3v) is 2.26. The minimum atomic E-state index is -0.219. The lowest BCUT2D eigenvalue weighted by Gasteiger charge is -2.22. The first kappa shape index (κ1) is 10.3. The molecule has 3 heteroatoms. The quantitative estimate of drug-likeness (QED) is 0.594.